The van der Waals surface area contributed by atoms with Gasteiger partial charge in [0.2, 0.25) is 12.9 Å². The number of benzene rings is 3. The average Bonchev–Trinajstić information content (AvgIpc) is 3.28. The standard InChI is InChI=1S/C42H46O23/c1-57-26-8-16(2-5-21(26)45)3-7-30(49)58-14-28-32(51)34(53)37(56)40(63-28)60-15-29-33(52)35(54)39(65-41-36(55)31(50)24(48)13-59-41)42(64-29)62-27-12-19-22(46)10-18(43)11-25(19)61-38(27)17-4-6-20(44)23(47)9-17/h2-12,24,28-29,31-37,39-42,44-48,50-56H,13-15H2,1H3/p+1/t24-,28-,29-,31+,32-,33-,34+,35+,36-,37-,39-,40-,41+,42-/m1/s1. The molecule has 0 aromatic heterocycles. The highest BCUT2D eigenvalue weighted by Gasteiger charge is 2.52. The van der Waals surface area contributed by atoms with Crippen LogP contribution in [0.15, 0.2) is 69.9 Å². The molecule has 2 aromatic carbocycles. The number of esters is 1. The zero-order chi connectivity index (χ0) is 46.9. The van der Waals surface area contributed by atoms with Crippen LogP contribution in [0.5, 0.6) is 34.5 Å². The molecule has 0 saturated carbocycles. The Labute approximate surface area is 366 Å². The molecule has 23 heteroatoms. The van der Waals surface area contributed by atoms with Gasteiger partial charge in [0.1, 0.15) is 72.5 Å². The molecule has 5 aliphatic rings. The Morgan fingerprint density at radius 1 is 0.708 bits per heavy atom. The van der Waals surface area contributed by atoms with Gasteiger partial charge >= 0.3 is 5.97 Å². The second kappa shape index (κ2) is 19.8. The minimum atomic E-state index is -2.03. The summed E-state index contributed by atoms with van der Waals surface area (Å²) in [6.45, 7) is -1.89. The Hall–Kier alpha value is -5.64. The van der Waals surface area contributed by atoms with E-state index in [1.807, 2.05) is 0 Å². The third kappa shape index (κ3) is 10.3. The molecule has 352 valence electrons. The summed E-state index contributed by atoms with van der Waals surface area (Å²) < 4.78 is 51.1. The predicted molar refractivity (Wildman–Crippen MR) is 215 cm³/mol. The summed E-state index contributed by atoms with van der Waals surface area (Å²) in [5.74, 6) is -3.00. The van der Waals surface area contributed by atoms with Crippen LogP contribution in [0.3, 0.4) is 0 Å². The van der Waals surface area contributed by atoms with Crippen molar-refractivity contribution in [2.75, 3.05) is 26.9 Å². The fourth-order valence-electron chi connectivity index (χ4n) is 7.15. The highest BCUT2D eigenvalue weighted by Crippen LogP contribution is 2.43. The molecule has 0 bridgehead atoms. The number of phenolic OH excluding ortho intramolecular Hbond substituents is 4. The molecule has 0 spiro atoms. The molecule has 3 fully saturated rings. The minimum Gasteiger partial charge on any atom is -0.507 e. The molecule has 13 N–H and O–H groups in total. The van der Waals surface area contributed by atoms with Crippen molar-refractivity contribution in [1.29, 1.82) is 0 Å². The van der Waals surface area contributed by atoms with Crippen LogP contribution in [-0.2, 0) is 28.4 Å². The Kier molecular flexibility index (Phi) is 14.5. The van der Waals surface area contributed by atoms with E-state index in [4.69, 9.17) is 42.3 Å². The Morgan fingerprint density at radius 2 is 1.40 bits per heavy atom. The lowest BCUT2D eigenvalue weighted by Crippen LogP contribution is -2.64. The zero-order valence-corrected chi connectivity index (χ0v) is 34.0. The van der Waals surface area contributed by atoms with Gasteiger partial charge in [-0.15, -0.1) is 0 Å². The van der Waals surface area contributed by atoms with Gasteiger partial charge in [-0.2, -0.15) is 0 Å². The van der Waals surface area contributed by atoms with E-state index in [1.54, 1.807) is 0 Å². The molecule has 23 nitrogen and oxygen atoms in total. The predicted octanol–water partition coefficient (Wildman–Crippen LogP) is -2.05. The summed E-state index contributed by atoms with van der Waals surface area (Å²) in [6, 6.07) is 11.0. The van der Waals surface area contributed by atoms with Crippen LogP contribution in [-0.4, -0.2) is 185 Å². The number of ether oxygens (including phenoxy) is 8. The first-order valence-electron chi connectivity index (χ1n) is 19.8. The maximum absolute atomic E-state index is 12.3. The van der Waals surface area contributed by atoms with Gasteiger partial charge in [0.05, 0.1) is 32.0 Å². The molecule has 2 aromatic rings. The summed E-state index contributed by atoms with van der Waals surface area (Å²) in [5.41, 5.74) is -0.182. The molecule has 4 heterocycles. The van der Waals surface area contributed by atoms with Crippen LogP contribution in [0, 0.1) is 0 Å². The second-order valence-corrected chi connectivity index (χ2v) is 15.3. The van der Waals surface area contributed by atoms with Gasteiger partial charge in [-0.05, 0) is 48.0 Å². The highest BCUT2D eigenvalue weighted by atomic mass is 16.8. The molecular weight excluding hydrogens is 872 g/mol. The first kappa shape index (κ1) is 47.3. The second-order valence-electron chi connectivity index (χ2n) is 15.3. The lowest BCUT2D eigenvalue weighted by molar-refractivity contribution is -0.353. The highest BCUT2D eigenvalue weighted by molar-refractivity contribution is 5.88. The van der Waals surface area contributed by atoms with E-state index in [0.717, 1.165) is 30.3 Å². The fourth-order valence-corrected chi connectivity index (χ4v) is 7.15. The smallest absolute Gasteiger partial charge is 0.507 e. The first-order chi connectivity index (χ1) is 30.9. The van der Waals surface area contributed by atoms with Gasteiger partial charge in [-0.3, -0.25) is 4.79 Å². The number of rotatable bonds is 13. The van der Waals surface area contributed by atoms with E-state index in [9.17, 15) is 70.9 Å². The maximum atomic E-state index is 12.3. The first-order valence-corrected chi connectivity index (χ1v) is 19.8. The summed E-state index contributed by atoms with van der Waals surface area (Å²) in [4.78, 5) is 22.6. The van der Waals surface area contributed by atoms with Gasteiger partial charge in [0.25, 0.3) is 0 Å². The minimum absolute atomic E-state index is 0.0348. The van der Waals surface area contributed by atoms with E-state index in [2.05, 4.69) is 0 Å². The van der Waals surface area contributed by atoms with Gasteiger partial charge in [-0.25, -0.2) is 0 Å². The van der Waals surface area contributed by atoms with Crippen molar-refractivity contribution in [2.24, 2.45) is 0 Å². The SMILES string of the molecule is COc1cc(C=CC(=[OH+])OC[C@H]2O[C@@H](OC[C@H]3O[C@@H](Oc4cc5c(O)cc(=O)cc-5oc4-c4ccc(O)c(O)c4)[C@H](O[C@@H]4OC[C@@H](O)[C@H](O)[C@H]4O)[C@@H](O)[C@@H]3O)[C@H](O)[C@@H](O)[C@@H]2O)ccc1O. The summed E-state index contributed by atoms with van der Waals surface area (Å²) in [7, 11) is 1.35. The molecule has 1 aliphatic carbocycles. The molecule has 3 saturated heterocycles. The summed E-state index contributed by atoms with van der Waals surface area (Å²) in [6.07, 6.45) is -22.6. The zero-order valence-electron chi connectivity index (χ0n) is 34.0. The van der Waals surface area contributed by atoms with Crippen LogP contribution in [0.4, 0.5) is 0 Å². The average molecular weight is 920 g/mol. The normalized spacial score (nSPS) is 31.8. The van der Waals surface area contributed by atoms with Gasteiger partial charge < -0.3 is 108 Å². The van der Waals surface area contributed by atoms with E-state index in [1.165, 1.54) is 43.5 Å². The Morgan fingerprint density at radius 3 is 2.14 bits per heavy atom. The molecule has 0 radical (unpaired) electrons. The molecule has 0 unspecified atom stereocenters. The molecule has 7 rings (SSSR count). The van der Waals surface area contributed by atoms with Crippen molar-refractivity contribution in [3.63, 3.8) is 0 Å². The lowest BCUT2D eigenvalue weighted by Gasteiger charge is -2.45. The largest absolute Gasteiger partial charge is 0.510 e. The van der Waals surface area contributed by atoms with E-state index in [-0.39, 0.29) is 39.9 Å². The number of hydrogen-bond acceptors (Lipinski definition) is 22. The fraction of sp³-hybridized carbons (Fsp3) is 0.429. The number of phenols is 4. The van der Waals surface area contributed by atoms with E-state index < -0.39 is 134 Å². The van der Waals surface area contributed by atoms with Crippen LogP contribution in [0.25, 0.3) is 28.7 Å². The van der Waals surface area contributed by atoms with Crippen molar-refractivity contribution < 1.29 is 108 Å². The monoisotopic (exact) mass is 919 g/mol. The van der Waals surface area contributed by atoms with E-state index in [0.29, 0.717) is 5.56 Å². The maximum Gasteiger partial charge on any atom is 0.510 e. The number of aliphatic hydroxyl groups is 8. The topological polar surface area (TPSA) is 368 Å². The van der Waals surface area contributed by atoms with Crippen molar-refractivity contribution >= 4 is 12.0 Å². The molecule has 4 aliphatic heterocycles. The van der Waals surface area contributed by atoms with Crippen LogP contribution in [0.2, 0.25) is 0 Å². The van der Waals surface area contributed by atoms with Crippen molar-refractivity contribution in [3.8, 4) is 57.1 Å². The molecule has 65 heavy (non-hydrogen) atoms. The molecule has 14 atom stereocenters. The van der Waals surface area contributed by atoms with Gasteiger partial charge in [-0.1, -0.05) is 6.07 Å². The third-order valence-electron chi connectivity index (χ3n) is 10.8. The van der Waals surface area contributed by atoms with Crippen LogP contribution >= 0.6 is 0 Å². The van der Waals surface area contributed by atoms with Gasteiger partial charge in [0.15, 0.2) is 58.6 Å². The summed E-state index contributed by atoms with van der Waals surface area (Å²) >= 11 is 0. The lowest BCUT2D eigenvalue weighted by atomic mass is 9.97. The number of methoxy groups -OCH3 is 1. The molecular formula is C42H47O23+. The quantitative estimate of drug-likeness (QED) is 0.0297. The number of carbonyl (C=O) groups excluding carboxylic acids is 1. The number of aliphatic hydroxyl groups excluding tert-OH is 8. The summed E-state index contributed by atoms with van der Waals surface area (Å²) in [5, 5.41) is 127. The number of fused-ring (bicyclic) bond motifs is 1. The van der Waals surface area contributed by atoms with Crippen LogP contribution in [0.1, 0.15) is 5.56 Å². The van der Waals surface area contributed by atoms with Crippen LogP contribution < -0.4 is 14.9 Å². The number of aromatic hydroxyl groups is 4. The Bertz CT molecular complexity index is 2350. The number of hydrogen-bond donors (Lipinski definition) is 12. The molecule has 0 amide bonds. The van der Waals surface area contributed by atoms with Crippen molar-refractivity contribution in [1.82, 2.24) is 0 Å². The van der Waals surface area contributed by atoms with Crippen molar-refractivity contribution in [3.05, 3.63) is 76.5 Å². The third-order valence-corrected chi connectivity index (χ3v) is 10.8. The Balaban J connectivity index is 1.12. The van der Waals surface area contributed by atoms with E-state index >= 15 is 0 Å². The van der Waals surface area contributed by atoms with Crippen molar-refractivity contribution in [2.45, 2.75) is 86.0 Å². The van der Waals surface area contributed by atoms with Gasteiger partial charge in [0, 0.05) is 17.7 Å².